The minimum Gasteiger partial charge on any atom is -0.493 e. The normalized spacial score (nSPS) is 15.0. The summed E-state index contributed by atoms with van der Waals surface area (Å²) in [5, 5.41) is 3.04. The Hall–Kier alpha value is -2.09. The SMILES string of the molecule is COc1cc(Br)c(CCNC(=O)CN2CCN(Cc3ccccc3)CC2)cc1OC. The molecule has 0 saturated carbocycles. The molecule has 1 heterocycles. The number of carbonyl (C=O) groups is 1. The fourth-order valence-electron chi connectivity index (χ4n) is 3.63. The molecule has 162 valence electrons. The van der Waals surface area contributed by atoms with E-state index in [0.717, 1.165) is 49.2 Å². The van der Waals surface area contributed by atoms with Crippen molar-refractivity contribution in [2.45, 2.75) is 13.0 Å². The number of nitrogens with one attached hydrogen (secondary N) is 1. The second-order valence-corrected chi connectivity index (χ2v) is 8.29. The van der Waals surface area contributed by atoms with Crippen molar-refractivity contribution in [3.63, 3.8) is 0 Å². The molecule has 0 spiro atoms. The van der Waals surface area contributed by atoms with E-state index in [1.807, 2.05) is 18.2 Å². The zero-order valence-electron chi connectivity index (χ0n) is 17.7. The minimum atomic E-state index is 0.0723. The van der Waals surface area contributed by atoms with E-state index in [4.69, 9.17) is 9.47 Å². The Labute approximate surface area is 187 Å². The molecule has 0 bridgehead atoms. The van der Waals surface area contributed by atoms with E-state index in [1.165, 1.54) is 5.56 Å². The number of amides is 1. The van der Waals surface area contributed by atoms with Crippen molar-refractivity contribution in [3.8, 4) is 11.5 Å². The molecule has 0 radical (unpaired) electrons. The summed E-state index contributed by atoms with van der Waals surface area (Å²) in [6.45, 7) is 5.82. The van der Waals surface area contributed by atoms with E-state index in [-0.39, 0.29) is 5.91 Å². The van der Waals surface area contributed by atoms with Crippen LogP contribution in [0.5, 0.6) is 11.5 Å². The van der Waals surface area contributed by atoms with Gasteiger partial charge in [0.05, 0.1) is 20.8 Å². The van der Waals surface area contributed by atoms with Crippen LogP contribution in [-0.2, 0) is 17.8 Å². The molecule has 0 aromatic heterocycles. The van der Waals surface area contributed by atoms with Gasteiger partial charge < -0.3 is 14.8 Å². The third-order valence-electron chi connectivity index (χ3n) is 5.35. The minimum absolute atomic E-state index is 0.0723. The number of hydrogen-bond donors (Lipinski definition) is 1. The molecule has 1 saturated heterocycles. The zero-order chi connectivity index (χ0) is 21.3. The topological polar surface area (TPSA) is 54.0 Å². The van der Waals surface area contributed by atoms with Crippen LogP contribution >= 0.6 is 15.9 Å². The molecule has 2 aromatic carbocycles. The van der Waals surface area contributed by atoms with Crippen LogP contribution in [0.3, 0.4) is 0 Å². The monoisotopic (exact) mass is 475 g/mol. The average Bonchev–Trinajstić information content (AvgIpc) is 2.76. The molecule has 0 atom stereocenters. The number of ether oxygens (including phenoxy) is 2. The van der Waals surface area contributed by atoms with Crippen LogP contribution in [0, 0.1) is 0 Å². The van der Waals surface area contributed by atoms with Crippen LogP contribution in [-0.4, -0.2) is 69.2 Å². The lowest BCUT2D eigenvalue weighted by atomic mass is 10.1. The number of rotatable bonds is 9. The van der Waals surface area contributed by atoms with Gasteiger partial charge in [0.2, 0.25) is 5.91 Å². The number of nitrogens with zero attached hydrogens (tertiary/aromatic N) is 2. The van der Waals surface area contributed by atoms with Crippen LogP contribution in [0.2, 0.25) is 0 Å². The van der Waals surface area contributed by atoms with Crippen LogP contribution in [0.15, 0.2) is 46.9 Å². The molecule has 1 amide bonds. The Kier molecular flexibility index (Phi) is 8.54. The van der Waals surface area contributed by atoms with Crippen molar-refractivity contribution in [3.05, 3.63) is 58.1 Å². The lowest BCUT2D eigenvalue weighted by Crippen LogP contribution is -2.49. The first-order valence-electron chi connectivity index (χ1n) is 10.2. The van der Waals surface area contributed by atoms with Gasteiger partial charge >= 0.3 is 0 Å². The van der Waals surface area contributed by atoms with Gasteiger partial charge in [0, 0.05) is 43.7 Å². The summed E-state index contributed by atoms with van der Waals surface area (Å²) in [4.78, 5) is 17.0. The first-order chi connectivity index (χ1) is 14.6. The standard InChI is InChI=1S/C23H30BrN3O3/c1-29-21-14-19(20(24)15-22(21)30-2)8-9-25-23(28)17-27-12-10-26(11-13-27)16-18-6-4-3-5-7-18/h3-7,14-15H,8-13,16-17H2,1-2H3,(H,25,28). The molecule has 30 heavy (non-hydrogen) atoms. The highest BCUT2D eigenvalue weighted by molar-refractivity contribution is 9.10. The molecule has 1 aliphatic rings. The highest BCUT2D eigenvalue weighted by Gasteiger charge is 2.19. The first kappa shape index (κ1) is 22.6. The second-order valence-electron chi connectivity index (χ2n) is 7.44. The van der Waals surface area contributed by atoms with Crippen LogP contribution in [0.4, 0.5) is 0 Å². The maximum Gasteiger partial charge on any atom is 0.234 e. The molecule has 2 aromatic rings. The van der Waals surface area contributed by atoms with E-state index in [2.05, 4.69) is 55.3 Å². The van der Waals surface area contributed by atoms with Gasteiger partial charge in [-0.15, -0.1) is 0 Å². The number of halogens is 1. The van der Waals surface area contributed by atoms with Gasteiger partial charge in [0.15, 0.2) is 11.5 Å². The summed E-state index contributed by atoms with van der Waals surface area (Å²) >= 11 is 3.57. The Morgan fingerprint density at radius 1 is 1.00 bits per heavy atom. The Bertz CT molecular complexity index is 824. The number of benzene rings is 2. The first-order valence-corrected chi connectivity index (χ1v) is 11.0. The Morgan fingerprint density at radius 2 is 1.63 bits per heavy atom. The molecule has 1 aliphatic heterocycles. The zero-order valence-corrected chi connectivity index (χ0v) is 19.3. The molecule has 0 aliphatic carbocycles. The number of hydrogen-bond acceptors (Lipinski definition) is 5. The largest absolute Gasteiger partial charge is 0.493 e. The van der Waals surface area contributed by atoms with Crippen molar-refractivity contribution in [1.29, 1.82) is 0 Å². The maximum atomic E-state index is 12.4. The predicted molar refractivity (Wildman–Crippen MR) is 122 cm³/mol. The quantitative estimate of drug-likeness (QED) is 0.604. The van der Waals surface area contributed by atoms with Gasteiger partial charge in [0.1, 0.15) is 0 Å². The van der Waals surface area contributed by atoms with Crippen LogP contribution in [0.1, 0.15) is 11.1 Å². The number of carbonyl (C=O) groups excluding carboxylic acids is 1. The predicted octanol–water partition coefficient (Wildman–Crippen LogP) is 2.94. The van der Waals surface area contributed by atoms with Gasteiger partial charge in [-0.2, -0.15) is 0 Å². The molecule has 1 N–H and O–H groups in total. The van der Waals surface area contributed by atoms with Crippen LogP contribution in [0.25, 0.3) is 0 Å². The maximum absolute atomic E-state index is 12.4. The average molecular weight is 476 g/mol. The lowest BCUT2D eigenvalue weighted by Gasteiger charge is -2.34. The van der Waals surface area contributed by atoms with E-state index in [1.54, 1.807) is 14.2 Å². The van der Waals surface area contributed by atoms with Gasteiger partial charge in [0.25, 0.3) is 0 Å². The van der Waals surface area contributed by atoms with Gasteiger partial charge in [-0.05, 0) is 29.7 Å². The lowest BCUT2D eigenvalue weighted by molar-refractivity contribution is -0.122. The van der Waals surface area contributed by atoms with Crippen molar-refractivity contribution < 1.29 is 14.3 Å². The third kappa shape index (κ3) is 6.45. The molecule has 6 nitrogen and oxygen atoms in total. The van der Waals surface area contributed by atoms with E-state index in [0.29, 0.717) is 24.6 Å². The Morgan fingerprint density at radius 3 is 2.30 bits per heavy atom. The molecule has 3 rings (SSSR count). The Balaban J connectivity index is 1.38. The van der Waals surface area contributed by atoms with Crippen molar-refractivity contribution >= 4 is 21.8 Å². The van der Waals surface area contributed by atoms with E-state index in [9.17, 15) is 4.79 Å². The van der Waals surface area contributed by atoms with Crippen molar-refractivity contribution in [2.75, 3.05) is 53.5 Å². The fraction of sp³-hybridized carbons (Fsp3) is 0.435. The van der Waals surface area contributed by atoms with Gasteiger partial charge in [-0.25, -0.2) is 0 Å². The van der Waals surface area contributed by atoms with Crippen molar-refractivity contribution in [2.24, 2.45) is 0 Å². The molecular weight excluding hydrogens is 446 g/mol. The van der Waals surface area contributed by atoms with E-state index < -0.39 is 0 Å². The summed E-state index contributed by atoms with van der Waals surface area (Å²) in [5.41, 5.74) is 2.41. The summed E-state index contributed by atoms with van der Waals surface area (Å²) < 4.78 is 11.6. The van der Waals surface area contributed by atoms with Crippen LogP contribution < -0.4 is 14.8 Å². The number of piperazine rings is 1. The smallest absolute Gasteiger partial charge is 0.234 e. The third-order valence-corrected chi connectivity index (χ3v) is 6.09. The molecule has 1 fully saturated rings. The number of methoxy groups -OCH3 is 2. The molecule has 0 unspecified atom stereocenters. The fourth-order valence-corrected chi connectivity index (χ4v) is 4.15. The van der Waals surface area contributed by atoms with Gasteiger partial charge in [-0.1, -0.05) is 46.3 Å². The molecule has 7 heteroatoms. The summed E-state index contributed by atoms with van der Waals surface area (Å²) in [6, 6.07) is 14.4. The van der Waals surface area contributed by atoms with E-state index >= 15 is 0 Å². The highest BCUT2D eigenvalue weighted by atomic mass is 79.9. The summed E-state index contributed by atoms with van der Waals surface area (Å²) in [5.74, 6) is 1.45. The highest BCUT2D eigenvalue weighted by Crippen LogP contribution is 2.33. The summed E-state index contributed by atoms with van der Waals surface area (Å²) in [6.07, 6.45) is 0.720. The summed E-state index contributed by atoms with van der Waals surface area (Å²) in [7, 11) is 3.24. The second kappa shape index (κ2) is 11.3. The van der Waals surface area contributed by atoms with Gasteiger partial charge in [-0.3, -0.25) is 14.6 Å². The van der Waals surface area contributed by atoms with Crippen molar-refractivity contribution in [1.82, 2.24) is 15.1 Å². The molecular formula is C23H30BrN3O3.